The van der Waals surface area contributed by atoms with Crippen molar-refractivity contribution in [2.75, 3.05) is 17.7 Å². The second kappa shape index (κ2) is 6.37. The van der Waals surface area contributed by atoms with E-state index in [0.717, 1.165) is 5.39 Å². The van der Waals surface area contributed by atoms with Crippen LogP contribution < -0.4 is 16.2 Å². The van der Waals surface area contributed by atoms with E-state index in [1.165, 1.54) is 4.57 Å². The highest BCUT2D eigenvalue weighted by Crippen LogP contribution is 2.31. The molecule has 0 spiro atoms. The van der Waals surface area contributed by atoms with E-state index in [4.69, 9.17) is 11.6 Å². The molecule has 121 valence electrons. The number of carbonyl (C=O) groups excluding carboxylic acids is 1. The van der Waals surface area contributed by atoms with Crippen LogP contribution in [0.1, 0.15) is 0 Å². The fourth-order valence-corrected chi connectivity index (χ4v) is 2.88. The van der Waals surface area contributed by atoms with E-state index >= 15 is 0 Å². The number of nitrogens with zero attached hydrogens (tertiary/aromatic N) is 1. The van der Waals surface area contributed by atoms with Gasteiger partial charge in [0, 0.05) is 30.1 Å². The molecule has 3 rings (SSSR count). The molecule has 3 aromatic rings. The zero-order chi connectivity index (χ0) is 17.3. The van der Waals surface area contributed by atoms with E-state index in [1.807, 2.05) is 30.3 Å². The monoisotopic (exact) mass is 340 g/mol. The fraction of sp³-hybridized carbons (Fsp3) is 0.0556. The lowest BCUT2D eigenvalue weighted by Crippen LogP contribution is -2.26. The van der Waals surface area contributed by atoms with Crippen LogP contribution in [0.2, 0.25) is 5.02 Å². The van der Waals surface area contributed by atoms with E-state index in [2.05, 4.69) is 17.6 Å². The smallest absolute Gasteiger partial charge is 0.281 e. The molecule has 2 aromatic carbocycles. The van der Waals surface area contributed by atoms with E-state index in [1.54, 1.807) is 25.2 Å². The Morgan fingerprint density at radius 1 is 1.12 bits per heavy atom. The summed E-state index contributed by atoms with van der Waals surface area (Å²) in [5.74, 6) is -0.559. The van der Waals surface area contributed by atoms with Crippen molar-refractivity contribution in [2.24, 2.45) is 0 Å². The Morgan fingerprint density at radius 2 is 1.83 bits per heavy atom. The lowest BCUT2D eigenvalue weighted by atomic mass is 10.1. The van der Waals surface area contributed by atoms with Gasteiger partial charge in [-0.3, -0.25) is 14.2 Å². The standard InChI is InChI=1S/C18H15ClN3O2/c1-11(23)21-17-16(20-2)14-9-8-12(19)10-15(14)22(18(17)24)13-6-4-3-5-7-13/h3-10,20H,1H2,2H3,(H,21,23). The molecule has 1 aromatic heterocycles. The normalized spacial score (nSPS) is 10.6. The van der Waals surface area contributed by atoms with Crippen molar-refractivity contribution >= 4 is 39.8 Å². The first-order chi connectivity index (χ1) is 11.5. The number of hydrogen-bond donors (Lipinski definition) is 2. The maximum atomic E-state index is 13.0. The number of benzene rings is 2. The number of anilines is 2. The number of nitrogens with one attached hydrogen (secondary N) is 2. The molecule has 0 aliphatic rings. The highest BCUT2D eigenvalue weighted by molar-refractivity contribution is 6.31. The van der Waals surface area contributed by atoms with Crippen LogP contribution in [-0.2, 0) is 4.79 Å². The molecule has 5 nitrogen and oxygen atoms in total. The molecule has 2 N–H and O–H groups in total. The van der Waals surface area contributed by atoms with Gasteiger partial charge in [0.25, 0.3) is 5.56 Å². The molecular formula is C18H15ClN3O2. The predicted octanol–water partition coefficient (Wildman–Crippen LogP) is 3.46. The first kappa shape index (κ1) is 16.1. The van der Waals surface area contributed by atoms with Crippen LogP contribution in [0.3, 0.4) is 0 Å². The van der Waals surface area contributed by atoms with E-state index < -0.39 is 5.91 Å². The molecule has 0 fully saturated rings. The molecule has 0 saturated carbocycles. The summed E-state index contributed by atoms with van der Waals surface area (Å²) in [5, 5.41) is 6.79. The summed E-state index contributed by atoms with van der Waals surface area (Å²) in [7, 11) is 1.69. The third-order valence-corrected chi connectivity index (χ3v) is 3.90. The number of hydrogen-bond acceptors (Lipinski definition) is 3. The number of para-hydroxylation sites is 1. The molecule has 0 bridgehead atoms. The zero-order valence-corrected chi connectivity index (χ0v) is 13.7. The Balaban J connectivity index is 2.49. The second-order valence-electron chi connectivity index (χ2n) is 5.19. The number of pyridine rings is 1. The van der Waals surface area contributed by atoms with Gasteiger partial charge >= 0.3 is 0 Å². The van der Waals surface area contributed by atoms with Gasteiger partial charge in [-0.05, 0) is 30.3 Å². The molecule has 1 radical (unpaired) electrons. The molecule has 6 heteroatoms. The summed E-state index contributed by atoms with van der Waals surface area (Å²) in [6.45, 7) is 3.30. The summed E-state index contributed by atoms with van der Waals surface area (Å²) in [6.07, 6.45) is 0. The van der Waals surface area contributed by atoms with Gasteiger partial charge in [-0.25, -0.2) is 0 Å². The van der Waals surface area contributed by atoms with Crippen LogP contribution in [0, 0.1) is 6.92 Å². The first-order valence-electron chi connectivity index (χ1n) is 7.27. The Bertz CT molecular complexity index is 981. The van der Waals surface area contributed by atoms with Crippen molar-refractivity contribution in [3.8, 4) is 5.69 Å². The summed E-state index contributed by atoms with van der Waals surface area (Å²) >= 11 is 6.13. The van der Waals surface area contributed by atoms with Crippen LogP contribution in [0.15, 0.2) is 53.3 Å². The highest BCUT2D eigenvalue weighted by atomic mass is 35.5. The van der Waals surface area contributed by atoms with E-state index in [-0.39, 0.29) is 11.2 Å². The Labute approximate surface area is 143 Å². The van der Waals surface area contributed by atoms with Crippen LogP contribution in [-0.4, -0.2) is 17.5 Å². The lowest BCUT2D eigenvalue weighted by Gasteiger charge is -2.18. The van der Waals surface area contributed by atoms with Gasteiger partial charge in [0.05, 0.1) is 11.2 Å². The Morgan fingerprint density at radius 3 is 2.46 bits per heavy atom. The summed E-state index contributed by atoms with van der Waals surface area (Å²) < 4.78 is 1.52. The Hall–Kier alpha value is -2.79. The molecule has 1 heterocycles. The number of carbonyl (C=O) groups is 1. The lowest BCUT2D eigenvalue weighted by molar-refractivity contribution is -0.112. The molecule has 0 aliphatic carbocycles. The van der Waals surface area contributed by atoms with Crippen molar-refractivity contribution in [1.29, 1.82) is 0 Å². The van der Waals surface area contributed by atoms with Gasteiger partial charge in [-0.15, -0.1) is 0 Å². The van der Waals surface area contributed by atoms with Crippen LogP contribution in [0.5, 0.6) is 0 Å². The first-order valence-corrected chi connectivity index (χ1v) is 7.65. The summed E-state index contributed by atoms with van der Waals surface area (Å²) in [6, 6.07) is 14.4. The third kappa shape index (κ3) is 2.74. The maximum Gasteiger partial charge on any atom is 0.281 e. The van der Waals surface area contributed by atoms with Crippen LogP contribution in [0.25, 0.3) is 16.6 Å². The molecule has 0 saturated heterocycles. The van der Waals surface area contributed by atoms with Crippen molar-refractivity contribution in [1.82, 2.24) is 4.57 Å². The quantitative estimate of drug-likeness (QED) is 0.767. The number of fused-ring (bicyclic) bond motifs is 1. The minimum Gasteiger partial charge on any atom is -0.386 e. The van der Waals surface area contributed by atoms with Crippen molar-refractivity contribution in [2.45, 2.75) is 0 Å². The predicted molar refractivity (Wildman–Crippen MR) is 98.1 cm³/mol. The zero-order valence-electron chi connectivity index (χ0n) is 13.0. The highest BCUT2D eigenvalue weighted by Gasteiger charge is 2.18. The average Bonchev–Trinajstić information content (AvgIpc) is 2.56. The number of amides is 1. The largest absolute Gasteiger partial charge is 0.386 e. The SMILES string of the molecule is [CH2]C(=O)Nc1c(NC)c2ccc(Cl)cc2n(-c2ccccc2)c1=O. The molecule has 0 unspecified atom stereocenters. The third-order valence-electron chi connectivity index (χ3n) is 3.67. The van der Waals surface area contributed by atoms with Crippen molar-refractivity contribution < 1.29 is 4.79 Å². The van der Waals surface area contributed by atoms with E-state index in [9.17, 15) is 9.59 Å². The van der Waals surface area contributed by atoms with Crippen molar-refractivity contribution in [3.05, 3.63) is 70.8 Å². The van der Waals surface area contributed by atoms with Gasteiger partial charge in [0.15, 0.2) is 0 Å². The van der Waals surface area contributed by atoms with Crippen LogP contribution >= 0.6 is 11.6 Å². The molecule has 0 aliphatic heterocycles. The minimum atomic E-state index is -0.559. The number of halogens is 1. The summed E-state index contributed by atoms with van der Waals surface area (Å²) in [5.41, 5.74) is 1.63. The minimum absolute atomic E-state index is 0.149. The molecule has 1 amide bonds. The number of rotatable bonds is 3. The van der Waals surface area contributed by atoms with Crippen LogP contribution in [0.4, 0.5) is 11.4 Å². The van der Waals surface area contributed by atoms with Gasteiger partial charge < -0.3 is 10.6 Å². The average molecular weight is 341 g/mol. The summed E-state index contributed by atoms with van der Waals surface area (Å²) in [4.78, 5) is 24.5. The Kier molecular flexibility index (Phi) is 4.27. The maximum absolute atomic E-state index is 13.0. The molecule has 0 atom stereocenters. The van der Waals surface area contributed by atoms with E-state index in [0.29, 0.717) is 21.9 Å². The van der Waals surface area contributed by atoms with Gasteiger partial charge in [-0.2, -0.15) is 0 Å². The van der Waals surface area contributed by atoms with Gasteiger partial charge in [0.1, 0.15) is 5.69 Å². The molecular weight excluding hydrogens is 326 g/mol. The number of aromatic nitrogens is 1. The van der Waals surface area contributed by atoms with Gasteiger partial charge in [-0.1, -0.05) is 29.8 Å². The van der Waals surface area contributed by atoms with Gasteiger partial charge in [0.2, 0.25) is 5.91 Å². The second-order valence-corrected chi connectivity index (χ2v) is 5.62. The topological polar surface area (TPSA) is 63.1 Å². The fourth-order valence-electron chi connectivity index (χ4n) is 2.71. The molecule has 24 heavy (non-hydrogen) atoms. The van der Waals surface area contributed by atoms with Crippen molar-refractivity contribution in [3.63, 3.8) is 0 Å².